The second-order valence-electron chi connectivity index (χ2n) is 9.20. The largest absolute Gasteiger partial charge is 0.489 e. The topological polar surface area (TPSA) is 93.2 Å². The smallest absolute Gasteiger partial charge is 0.255 e. The van der Waals surface area contributed by atoms with Gasteiger partial charge in [-0.25, -0.2) is 0 Å². The molecule has 0 spiro atoms. The summed E-state index contributed by atoms with van der Waals surface area (Å²) in [4.78, 5) is 53.5. The van der Waals surface area contributed by atoms with Crippen LogP contribution in [0.25, 0.3) is 0 Å². The van der Waals surface area contributed by atoms with E-state index in [9.17, 15) is 19.2 Å². The minimum absolute atomic E-state index is 0.00462. The number of ketones is 2. The zero-order chi connectivity index (χ0) is 24.4. The summed E-state index contributed by atoms with van der Waals surface area (Å²) in [6.07, 6.45) is 1.42. The molecule has 1 atom stereocenters. The fourth-order valence-corrected chi connectivity index (χ4v) is 4.95. The molecule has 2 aromatic carbocycles. The SMILES string of the molecule is O=C1CCC[C@H](N2Cc3c(OCc4ccc(C(=O)N5CCOCC5)cc4)cccc3C2=O)C(=O)C1. The van der Waals surface area contributed by atoms with Crippen molar-refractivity contribution >= 4 is 23.4 Å². The van der Waals surface area contributed by atoms with Gasteiger partial charge in [0, 0.05) is 36.2 Å². The molecular weight excluding hydrogens is 448 g/mol. The van der Waals surface area contributed by atoms with Crippen LogP contribution in [0.1, 0.15) is 57.5 Å². The summed E-state index contributed by atoms with van der Waals surface area (Å²) in [5, 5.41) is 0. The van der Waals surface area contributed by atoms with Crippen LogP contribution in [0.5, 0.6) is 5.75 Å². The Morgan fingerprint density at radius 3 is 2.57 bits per heavy atom. The summed E-state index contributed by atoms with van der Waals surface area (Å²) >= 11 is 0. The maximum absolute atomic E-state index is 13.1. The zero-order valence-corrected chi connectivity index (χ0v) is 19.5. The monoisotopic (exact) mass is 476 g/mol. The third-order valence-corrected chi connectivity index (χ3v) is 6.90. The molecule has 2 amide bonds. The maximum Gasteiger partial charge on any atom is 0.255 e. The Morgan fingerprint density at radius 1 is 1.03 bits per heavy atom. The molecule has 8 heteroatoms. The van der Waals surface area contributed by atoms with Crippen LogP contribution in [0.15, 0.2) is 42.5 Å². The zero-order valence-electron chi connectivity index (χ0n) is 19.5. The lowest BCUT2D eigenvalue weighted by Crippen LogP contribution is -2.41. The first-order valence-corrected chi connectivity index (χ1v) is 12.1. The van der Waals surface area contributed by atoms with Gasteiger partial charge in [0.1, 0.15) is 18.1 Å². The number of morpholine rings is 1. The van der Waals surface area contributed by atoms with Crippen molar-refractivity contribution in [1.82, 2.24) is 9.80 Å². The molecule has 0 N–H and O–H groups in total. The highest BCUT2D eigenvalue weighted by molar-refractivity contribution is 6.06. The molecule has 2 aromatic rings. The van der Waals surface area contributed by atoms with Gasteiger partial charge in [0.15, 0.2) is 5.78 Å². The molecule has 35 heavy (non-hydrogen) atoms. The van der Waals surface area contributed by atoms with Crippen molar-refractivity contribution in [3.8, 4) is 5.75 Å². The van der Waals surface area contributed by atoms with E-state index < -0.39 is 6.04 Å². The van der Waals surface area contributed by atoms with Gasteiger partial charge in [-0.1, -0.05) is 18.2 Å². The summed E-state index contributed by atoms with van der Waals surface area (Å²) < 4.78 is 11.4. The van der Waals surface area contributed by atoms with E-state index in [1.54, 1.807) is 34.1 Å². The third kappa shape index (κ3) is 4.84. The third-order valence-electron chi connectivity index (χ3n) is 6.90. The Morgan fingerprint density at radius 2 is 1.80 bits per heavy atom. The average Bonchev–Trinajstić information content (AvgIpc) is 3.12. The predicted octanol–water partition coefficient (Wildman–Crippen LogP) is 2.77. The van der Waals surface area contributed by atoms with Crippen molar-refractivity contribution in [2.45, 2.75) is 44.9 Å². The van der Waals surface area contributed by atoms with Crippen LogP contribution in [0.3, 0.4) is 0 Å². The standard InChI is InChI=1S/C27H28N2O6/c30-20-3-1-5-23(24(31)15-20)29-16-22-21(27(29)33)4-2-6-25(22)35-17-18-7-9-19(10-8-18)26(32)28-11-13-34-14-12-28/h2,4,6-10,23H,1,3,5,11-17H2/t23-/m0/s1. The predicted molar refractivity (Wildman–Crippen MR) is 126 cm³/mol. The molecule has 182 valence electrons. The Bertz CT molecular complexity index is 1150. The van der Waals surface area contributed by atoms with Gasteiger partial charge in [-0.2, -0.15) is 0 Å². The second-order valence-corrected chi connectivity index (χ2v) is 9.20. The summed E-state index contributed by atoms with van der Waals surface area (Å²) in [6.45, 7) is 2.90. The van der Waals surface area contributed by atoms with Gasteiger partial charge in [0.05, 0.1) is 32.2 Å². The normalized spacial score (nSPS) is 20.6. The number of benzene rings is 2. The van der Waals surface area contributed by atoms with Gasteiger partial charge >= 0.3 is 0 Å². The van der Waals surface area contributed by atoms with Gasteiger partial charge in [-0.05, 0) is 42.7 Å². The van der Waals surface area contributed by atoms with Crippen LogP contribution in [-0.4, -0.2) is 65.5 Å². The molecule has 5 rings (SSSR count). The van der Waals surface area contributed by atoms with Crippen LogP contribution in [0.4, 0.5) is 0 Å². The number of amides is 2. The van der Waals surface area contributed by atoms with Crippen molar-refractivity contribution < 1.29 is 28.7 Å². The maximum atomic E-state index is 13.1. The van der Waals surface area contributed by atoms with Crippen LogP contribution in [-0.2, 0) is 27.5 Å². The van der Waals surface area contributed by atoms with Crippen LogP contribution >= 0.6 is 0 Å². The molecule has 2 fully saturated rings. The molecule has 8 nitrogen and oxygen atoms in total. The summed E-state index contributed by atoms with van der Waals surface area (Å²) in [5.74, 6) is 0.175. The number of hydrogen-bond donors (Lipinski definition) is 0. The van der Waals surface area contributed by atoms with Gasteiger partial charge in [-0.15, -0.1) is 0 Å². The van der Waals surface area contributed by atoms with Crippen LogP contribution < -0.4 is 4.74 Å². The van der Waals surface area contributed by atoms with Crippen LogP contribution in [0, 0.1) is 0 Å². The lowest BCUT2D eigenvalue weighted by molar-refractivity contribution is -0.128. The van der Waals surface area contributed by atoms with Crippen molar-refractivity contribution in [3.05, 3.63) is 64.7 Å². The number of ether oxygens (including phenoxy) is 2. The Kier molecular flexibility index (Phi) is 6.63. The van der Waals surface area contributed by atoms with Gasteiger partial charge in [0.2, 0.25) is 0 Å². The molecule has 0 unspecified atom stereocenters. The highest BCUT2D eigenvalue weighted by atomic mass is 16.5. The minimum atomic E-state index is -0.564. The fraction of sp³-hybridized carbons (Fsp3) is 0.407. The molecule has 1 saturated carbocycles. The van der Waals surface area contributed by atoms with E-state index in [0.29, 0.717) is 69.0 Å². The van der Waals surface area contributed by atoms with E-state index in [1.165, 1.54) is 0 Å². The van der Waals surface area contributed by atoms with Crippen LogP contribution in [0.2, 0.25) is 0 Å². The molecule has 2 heterocycles. The molecule has 2 aliphatic heterocycles. The van der Waals surface area contributed by atoms with Crippen molar-refractivity contribution in [3.63, 3.8) is 0 Å². The first kappa shape index (κ1) is 23.2. The molecule has 0 radical (unpaired) electrons. The lowest BCUT2D eigenvalue weighted by atomic mass is 10.1. The van der Waals surface area contributed by atoms with Gasteiger partial charge in [-0.3, -0.25) is 19.2 Å². The number of carbonyl (C=O) groups is 4. The fourth-order valence-electron chi connectivity index (χ4n) is 4.95. The van der Waals surface area contributed by atoms with E-state index in [0.717, 1.165) is 11.1 Å². The second kappa shape index (κ2) is 10.00. The quantitative estimate of drug-likeness (QED) is 0.487. The highest BCUT2D eigenvalue weighted by Crippen LogP contribution is 2.34. The molecule has 0 bridgehead atoms. The van der Waals surface area contributed by atoms with E-state index in [4.69, 9.17) is 9.47 Å². The van der Waals surface area contributed by atoms with E-state index in [1.807, 2.05) is 18.2 Å². The van der Waals surface area contributed by atoms with E-state index >= 15 is 0 Å². The number of rotatable bonds is 5. The Balaban J connectivity index is 1.25. The number of carbonyl (C=O) groups excluding carboxylic acids is 4. The number of fused-ring (bicyclic) bond motifs is 1. The summed E-state index contributed by atoms with van der Waals surface area (Å²) in [5.41, 5.74) is 2.83. The average molecular weight is 477 g/mol. The van der Waals surface area contributed by atoms with E-state index in [-0.39, 0.29) is 36.4 Å². The summed E-state index contributed by atoms with van der Waals surface area (Å²) in [6, 6.07) is 12.1. The molecule has 3 aliphatic rings. The van der Waals surface area contributed by atoms with Crippen molar-refractivity contribution in [2.75, 3.05) is 26.3 Å². The molecule has 1 aliphatic carbocycles. The Hall–Kier alpha value is -3.52. The van der Waals surface area contributed by atoms with E-state index in [2.05, 4.69) is 0 Å². The molecule has 0 aromatic heterocycles. The van der Waals surface area contributed by atoms with Gasteiger partial charge < -0.3 is 19.3 Å². The number of Topliss-reactive ketones (excluding diaryl/α,β-unsaturated/α-hetero) is 2. The first-order valence-electron chi connectivity index (χ1n) is 12.1. The minimum Gasteiger partial charge on any atom is -0.489 e. The highest BCUT2D eigenvalue weighted by Gasteiger charge is 2.38. The van der Waals surface area contributed by atoms with Gasteiger partial charge in [0.25, 0.3) is 11.8 Å². The summed E-state index contributed by atoms with van der Waals surface area (Å²) in [7, 11) is 0. The Labute approximate surface area is 203 Å². The number of hydrogen-bond acceptors (Lipinski definition) is 6. The van der Waals surface area contributed by atoms with Crippen molar-refractivity contribution in [2.24, 2.45) is 0 Å². The lowest BCUT2D eigenvalue weighted by Gasteiger charge is -2.26. The molecule has 1 saturated heterocycles. The molecular formula is C27H28N2O6. The van der Waals surface area contributed by atoms with Crippen molar-refractivity contribution in [1.29, 1.82) is 0 Å². The number of nitrogens with zero attached hydrogens (tertiary/aromatic N) is 2. The first-order chi connectivity index (χ1) is 17.0.